The number of rotatable bonds is 9. The molecule has 2 saturated heterocycles. The van der Waals surface area contributed by atoms with Gasteiger partial charge >= 0.3 is 6.18 Å². The van der Waals surface area contributed by atoms with E-state index in [2.05, 4.69) is 16.0 Å². The first-order chi connectivity index (χ1) is 19.9. The fourth-order valence-corrected chi connectivity index (χ4v) is 5.32. The van der Waals surface area contributed by atoms with Crippen molar-refractivity contribution in [1.29, 1.82) is 0 Å². The number of nitrogens with zero attached hydrogens (tertiary/aromatic N) is 2. The van der Waals surface area contributed by atoms with Gasteiger partial charge in [0.1, 0.15) is 0 Å². The zero-order valence-electron chi connectivity index (χ0n) is 22.7. The second kappa shape index (κ2) is 14.0. The van der Waals surface area contributed by atoms with Crippen LogP contribution >= 0.6 is 11.6 Å². The summed E-state index contributed by atoms with van der Waals surface area (Å²) in [7, 11) is 0. The number of aliphatic hydroxyl groups excluding tert-OH is 1. The van der Waals surface area contributed by atoms with Crippen molar-refractivity contribution < 1.29 is 36.6 Å². The molecule has 8 nitrogen and oxygen atoms in total. The van der Waals surface area contributed by atoms with Crippen molar-refractivity contribution in [1.82, 2.24) is 15.5 Å². The monoisotopic (exact) mass is 617 g/mol. The highest BCUT2D eigenvalue weighted by Gasteiger charge is 2.30. The molecule has 2 heterocycles. The number of alkyl halides is 3. The lowest BCUT2D eigenvalue weighted by atomic mass is 9.90. The maximum Gasteiger partial charge on any atom is 0.390 e. The van der Waals surface area contributed by atoms with E-state index in [1.807, 2.05) is 4.90 Å². The molecule has 42 heavy (non-hydrogen) atoms. The van der Waals surface area contributed by atoms with E-state index in [0.717, 1.165) is 6.07 Å². The summed E-state index contributed by atoms with van der Waals surface area (Å²) >= 11 is 6.17. The Morgan fingerprint density at radius 3 is 2.48 bits per heavy atom. The number of aliphatic hydroxyl groups is 1. The Balaban J connectivity index is 1.39. The van der Waals surface area contributed by atoms with Crippen LogP contribution in [0.3, 0.4) is 0 Å². The SMILES string of the molecule is O=C(Nc1ccc(Cl)cc1N1CCN(CCC(F)(F)F)CC1)c1ccc(CNC(=O)C2CNCC(CO)C2)c(F)c1F. The van der Waals surface area contributed by atoms with Crippen LogP contribution in [0.25, 0.3) is 0 Å². The number of anilines is 2. The summed E-state index contributed by atoms with van der Waals surface area (Å²) in [6.45, 7) is 2.06. The Bertz CT molecular complexity index is 1270. The third-order valence-corrected chi connectivity index (χ3v) is 7.80. The van der Waals surface area contributed by atoms with Crippen molar-refractivity contribution in [2.45, 2.75) is 25.6 Å². The lowest BCUT2D eigenvalue weighted by molar-refractivity contribution is -0.138. The van der Waals surface area contributed by atoms with Crippen LogP contribution in [0.5, 0.6) is 0 Å². The Hall–Kier alpha value is -3.00. The van der Waals surface area contributed by atoms with Crippen molar-refractivity contribution in [2.75, 3.05) is 62.6 Å². The molecule has 230 valence electrons. The zero-order valence-corrected chi connectivity index (χ0v) is 23.5. The fraction of sp³-hybridized carbons (Fsp3) is 0.500. The molecule has 0 saturated carbocycles. The van der Waals surface area contributed by atoms with Crippen LogP contribution in [0.2, 0.25) is 5.02 Å². The van der Waals surface area contributed by atoms with Crippen molar-refractivity contribution in [3.05, 3.63) is 58.1 Å². The first kappa shape index (κ1) is 31.9. The molecule has 0 radical (unpaired) electrons. The standard InChI is InChI=1S/C28H33ClF5N5O3/c29-20-2-4-22(23(12-20)39-9-7-38(8-10-39)6-5-28(32,33)34)37-27(42)21-3-1-18(24(30)25(21)31)15-36-26(41)19-11-17(16-40)13-35-14-19/h1-4,12,17,19,35,40H,5-11,13-16H2,(H,36,41)(H,37,42). The molecule has 0 bridgehead atoms. The number of amides is 2. The van der Waals surface area contributed by atoms with E-state index < -0.39 is 41.6 Å². The summed E-state index contributed by atoms with van der Waals surface area (Å²) < 4.78 is 67.7. The Morgan fingerprint density at radius 1 is 1.05 bits per heavy atom. The van der Waals surface area contributed by atoms with Gasteiger partial charge < -0.3 is 26.0 Å². The minimum atomic E-state index is -4.24. The molecule has 2 aliphatic heterocycles. The molecular weight excluding hydrogens is 585 g/mol. The summed E-state index contributed by atoms with van der Waals surface area (Å²) in [5.41, 5.74) is 0.122. The summed E-state index contributed by atoms with van der Waals surface area (Å²) in [5.74, 6) is -4.35. The molecule has 0 spiro atoms. The van der Waals surface area contributed by atoms with Crippen LogP contribution in [0.4, 0.5) is 33.3 Å². The maximum atomic E-state index is 15.0. The highest BCUT2D eigenvalue weighted by molar-refractivity contribution is 6.31. The van der Waals surface area contributed by atoms with Gasteiger partial charge in [0, 0.05) is 69.6 Å². The Labute approximate surface area is 245 Å². The van der Waals surface area contributed by atoms with Crippen LogP contribution in [0.1, 0.15) is 28.8 Å². The number of piperidine rings is 1. The molecule has 4 N–H and O–H groups in total. The number of nitrogens with one attached hydrogen (secondary N) is 3. The van der Waals surface area contributed by atoms with Crippen LogP contribution in [-0.2, 0) is 11.3 Å². The fourth-order valence-electron chi connectivity index (χ4n) is 5.16. The Morgan fingerprint density at radius 2 is 1.79 bits per heavy atom. The van der Waals surface area contributed by atoms with E-state index in [1.54, 1.807) is 11.0 Å². The van der Waals surface area contributed by atoms with Gasteiger partial charge in [0.15, 0.2) is 11.6 Å². The smallest absolute Gasteiger partial charge is 0.390 e. The number of carbonyl (C=O) groups excluding carboxylic acids is 2. The largest absolute Gasteiger partial charge is 0.396 e. The average Bonchev–Trinajstić information content (AvgIpc) is 2.97. The summed E-state index contributed by atoms with van der Waals surface area (Å²) in [5, 5.41) is 17.9. The predicted octanol–water partition coefficient (Wildman–Crippen LogP) is 3.78. The molecule has 0 aliphatic carbocycles. The first-order valence-corrected chi connectivity index (χ1v) is 14.0. The van der Waals surface area contributed by atoms with Gasteiger partial charge in [0.2, 0.25) is 5.91 Å². The van der Waals surface area contributed by atoms with Gasteiger partial charge in [-0.3, -0.25) is 14.5 Å². The van der Waals surface area contributed by atoms with Crippen LogP contribution < -0.4 is 20.9 Å². The molecule has 2 atom stereocenters. The van der Waals surface area contributed by atoms with Gasteiger partial charge in [0.25, 0.3) is 5.91 Å². The maximum absolute atomic E-state index is 15.0. The van der Waals surface area contributed by atoms with E-state index in [0.29, 0.717) is 56.4 Å². The lowest BCUT2D eigenvalue weighted by Crippen LogP contribution is -2.47. The van der Waals surface area contributed by atoms with Gasteiger partial charge in [0.05, 0.1) is 29.3 Å². The molecule has 2 fully saturated rings. The summed E-state index contributed by atoms with van der Waals surface area (Å²) in [4.78, 5) is 29.1. The molecule has 2 unspecified atom stereocenters. The number of carbonyl (C=O) groups is 2. The average molecular weight is 618 g/mol. The minimum absolute atomic E-state index is 0.0559. The van der Waals surface area contributed by atoms with Crippen molar-refractivity contribution in [3.63, 3.8) is 0 Å². The predicted molar refractivity (Wildman–Crippen MR) is 148 cm³/mol. The number of piperazine rings is 1. The van der Waals surface area contributed by atoms with E-state index in [9.17, 15) is 32.3 Å². The third kappa shape index (κ3) is 8.30. The van der Waals surface area contributed by atoms with E-state index in [4.69, 9.17) is 11.6 Å². The molecule has 2 aromatic carbocycles. The van der Waals surface area contributed by atoms with Gasteiger partial charge in [-0.15, -0.1) is 0 Å². The van der Waals surface area contributed by atoms with Crippen molar-refractivity contribution in [3.8, 4) is 0 Å². The quantitative estimate of drug-likeness (QED) is 0.320. The van der Waals surface area contributed by atoms with Gasteiger partial charge in [-0.1, -0.05) is 17.7 Å². The summed E-state index contributed by atoms with van der Waals surface area (Å²) in [6.07, 6.45) is -4.66. The number of hydrogen-bond donors (Lipinski definition) is 4. The van der Waals surface area contributed by atoms with Crippen LogP contribution in [0, 0.1) is 23.5 Å². The van der Waals surface area contributed by atoms with E-state index in [1.165, 1.54) is 18.2 Å². The van der Waals surface area contributed by atoms with Gasteiger partial charge in [-0.05, 0) is 36.6 Å². The van der Waals surface area contributed by atoms with Gasteiger partial charge in [-0.2, -0.15) is 13.2 Å². The first-order valence-electron chi connectivity index (χ1n) is 13.7. The van der Waals surface area contributed by atoms with Crippen molar-refractivity contribution in [2.24, 2.45) is 11.8 Å². The number of benzene rings is 2. The molecule has 2 aromatic rings. The minimum Gasteiger partial charge on any atom is -0.396 e. The third-order valence-electron chi connectivity index (χ3n) is 7.56. The van der Waals surface area contributed by atoms with E-state index in [-0.39, 0.29) is 42.8 Å². The number of hydrogen-bond acceptors (Lipinski definition) is 6. The molecule has 4 rings (SSSR count). The molecule has 2 amide bonds. The second-order valence-corrected chi connectivity index (χ2v) is 11.0. The van der Waals surface area contributed by atoms with Crippen molar-refractivity contribution >= 4 is 34.8 Å². The van der Waals surface area contributed by atoms with E-state index >= 15 is 4.39 Å². The highest BCUT2D eigenvalue weighted by atomic mass is 35.5. The highest BCUT2D eigenvalue weighted by Crippen LogP contribution is 2.31. The summed E-state index contributed by atoms with van der Waals surface area (Å²) in [6, 6.07) is 7.00. The molecule has 2 aliphatic rings. The van der Waals surface area contributed by atoms with Crippen LogP contribution in [-0.4, -0.2) is 80.4 Å². The van der Waals surface area contributed by atoms with Crippen LogP contribution in [0.15, 0.2) is 30.3 Å². The molecule has 14 heteroatoms. The Kier molecular flexibility index (Phi) is 10.6. The topological polar surface area (TPSA) is 96.9 Å². The van der Waals surface area contributed by atoms with Gasteiger partial charge in [-0.25, -0.2) is 8.78 Å². The molecular formula is C28H33ClF5N5O3. The number of halogens is 6. The normalized spacial score (nSPS) is 19.9. The molecule has 0 aromatic heterocycles. The second-order valence-electron chi connectivity index (χ2n) is 10.6. The lowest BCUT2D eigenvalue weighted by Gasteiger charge is -2.37. The zero-order chi connectivity index (χ0) is 30.4.